The van der Waals surface area contributed by atoms with Gasteiger partial charge >= 0.3 is 0 Å². The lowest BCUT2D eigenvalue weighted by Crippen LogP contribution is -2.17. The number of fused-ring (bicyclic) bond motifs is 1. The summed E-state index contributed by atoms with van der Waals surface area (Å²) in [4.78, 5) is 8.80. The number of rotatable bonds is 5. The molecule has 5 heteroatoms. The van der Waals surface area contributed by atoms with Gasteiger partial charge < -0.3 is 5.32 Å². The number of halogens is 1. The first kappa shape index (κ1) is 14.4. The molecule has 3 nitrogen and oxygen atoms in total. The van der Waals surface area contributed by atoms with Crippen molar-refractivity contribution in [3.05, 3.63) is 57.8 Å². The Morgan fingerprint density at radius 1 is 1.29 bits per heavy atom. The van der Waals surface area contributed by atoms with Crippen LogP contribution in [0.3, 0.4) is 0 Å². The maximum Gasteiger partial charge on any atom is 0.134 e. The second-order valence-electron chi connectivity index (χ2n) is 5.00. The monoisotopic (exact) mass is 317 g/mol. The van der Waals surface area contributed by atoms with Crippen molar-refractivity contribution >= 4 is 33.2 Å². The Kier molecular flexibility index (Phi) is 4.48. The van der Waals surface area contributed by atoms with Crippen LogP contribution in [0.4, 0.5) is 0 Å². The van der Waals surface area contributed by atoms with Crippen LogP contribution in [0.1, 0.15) is 16.8 Å². The topological polar surface area (TPSA) is 37.8 Å². The number of pyridine rings is 2. The third-order valence-corrected chi connectivity index (χ3v) is 4.49. The SMILES string of the molecule is Cc1ccc(CCNCc2cc3sccc3nc2Cl)nc1. The third kappa shape index (κ3) is 3.59. The van der Waals surface area contributed by atoms with Gasteiger partial charge in [-0.05, 0) is 36.1 Å². The van der Waals surface area contributed by atoms with Crippen LogP contribution in [-0.2, 0) is 13.0 Å². The predicted octanol–water partition coefficient (Wildman–Crippen LogP) is 3.99. The number of hydrogen-bond acceptors (Lipinski definition) is 4. The summed E-state index contributed by atoms with van der Waals surface area (Å²) in [7, 11) is 0. The van der Waals surface area contributed by atoms with Gasteiger partial charge in [0.05, 0.1) is 10.2 Å². The van der Waals surface area contributed by atoms with E-state index in [2.05, 4.69) is 33.5 Å². The summed E-state index contributed by atoms with van der Waals surface area (Å²) in [5.74, 6) is 0. The van der Waals surface area contributed by atoms with Gasteiger partial charge in [0.15, 0.2) is 0 Å². The zero-order valence-corrected chi connectivity index (χ0v) is 13.3. The highest BCUT2D eigenvalue weighted by Crippen LogP contribution is 2.24. The molecule has 0 unspecified atom stereocenters. The molecular weight excluding hydrogens is 302 g/mol. The minimum Gasteiger partial charge on any atom is -0.312 e. The van der Waals surface area contributed by atoms with E-state index >= 15 is 0 Å². The number of nitrogens with one attached hydrogen (secondary N) is 1. The molecule has 0 aliphatic carbocycles. The van der Waals surface area contributed by atoms with E-state index in [1.54, 1.807) is 11.3 Å². The van der Waals surface area contributed by atoms with Gasteiger partial charge in [0.25, 0.3) is 0 Å². The first-order chi connectivity index (χ1) is 10.2. The summed E-state index contributed by atoms with van der Waals surface area (Å²) < 4.78 is 1.18. The number of hydrogen-bond donors (Lipinski definition) is 1. The normalized spacial score (nSPS) is 11.1. The number of thiophene rings is 1. The fourth-order valence-electron chi connectivity index (χ4n) is 2.12. The molecule has 3 rings (SSSR count). The van der Waals surface area contributed by atoms with Gasteiger partial charge in [-0.1, -0.05) is 17.7 Å². The molecule has 0 atom stereocenters. The summed E-state index contributed by atoms with van der Waals surface area (Å²) >= 11 is 7.90. The Hall–Kier alpha value is -1.49. The van der Waals surface area contributed by atoms with Gasteiger partial charge in [-0.15, -0.1) is 11.3 Å². The summed E-state index contributed by atoms with van der Waals surface area (Å²) in [6.45, 7) is 3.64. The highest BCUT2D eigenvalue weighted by Gasteiger charge is 2.05. The lowest BCUT2D eigenvalue weighted by atomic mass is 10.2. The summed E-state index contributed by atoms with van der Waals surface area (Å²) in [6, 6.07) is 8.27. The van der Waals surface area contributed by atoms with Crippen LogP contribution in [0.5, 0.6) is 0 Å². The highest BCUT2D eigenvalue weighted by atomic mass is 35.5. The molecule has 0 spiro atoms. The van der Waals surface area contributed by atoms with E-state index in [9.17, 15) is 0 Å². The van der Waals surface area contributed by atoms with Crippen molar-refractivity contribution in [2.75, 3.05) is 6.54 Å². The second kappa shape index (κ2) is 6.52. The van der Waals surface area contributed by atoms with Crippen molar-refractivity contribution in [2.24, 2.45) is 0 Å². The molecule has 0 fully saturated rings. The molecule has 0 aliphatic heterocycles. The largest absolute Gasteiger partial charge is 0.312 e. The van der Waals surface area contributed by atoms with E-state index < -0.39 is 0 Å². The molecule has 3 heterocycles. The Labute approximate surface area is 133 Å². The Balaban J connectivity index is 1.56. The average Bonchev–Trinajstić information content (AvgIpc) is 2.92. The standard InChI is InChI=1S/C16H16ClN3S/c1-11-2-3-13(19-9-11)4-6-18-10-12-8-15-14(5-7-21-15)20-16(12)17/h2-3,5,7-9,18H,4,6,10H2,1H3. The number of aryl methyl sites for hydroxylation is 1. The fourth-order valence-corrected chi connectivity index (χ4v) is 3.12. The van der Waals surface area contributed by atoms with Crippen molar-refractivity contribution in [1.29, 1.82) is 0 Å². The molecular formula is C16H16ClN3S. The molecule has 0 aromatic carbocycles. The molecule has 3 aromatic heterocycles. The van der Waals surface area contributed by atoms with E-state index in [1.165, 1.54) is 10.3 Å². The van der Waals surface area contributed by atoms with Crippen LogP contribution in [0.2, 0.25) is 5.15 Å². The van der Waals surface area contributed by atoms with E-state index in [1.807, 2.05) is 24.6 Å². The second-order valence-corrected chi connectivity index (χ2v) is 6.30. The molecule has 0 aliphatic rings. The van der Waals surface area contributed by atoms with E-state index in [0.29, 0.717) is 5.15 Å². The van der Waals surface area contributed by atoms with Crippen LogP contribution >= 0.6 is 22.9 Å². The van der Waals surface area contributed by atoms with Crippen molar-refractivity contribution in [2.45, 2.75) is 19.9 Å². The predicted molar refractivity (Wildman–Crippen MR) is 89.0 cm³/mol. The van der Waals surface area contributed by atoms with Crippen LogP contribution in [0.15, 0.2) is 35.8 Å². The number of aromatic nitrogens is 2. The lowest BCUT2D eigenvalue weighted by Gasteiger charge is -2.07. The van der Waals surface area contributed by atoms with Crippen LogP contribution in [-0.4, -0.2) is 16.5 Å². The van der Waals surface area contributed by atoms with Gasteiger partial charge in [0.1, 0.15) is 5.15 Å². The molecule has 0 amide bonds. The van der Waals surface area contributed by atoms with Crippen LogP contribution < -0.4 is 5.32 Å². The van der Waals surface area contributed by atoms with E-state index in [4.69, 9.17) is 11.6 Å². The highest BCUT2D eigenvalue weighted by molar-refractivity contribution is 7.17. The Morgan fingerprint density at radius 3 is 3.00 bits per heavy atom. The zero-order chi connectivity index (χ0) is 14.7. The van der Waals surface area contributed by atoms with Gasteiger partial charge in [0.2, 0.25) is 0 Å². The van der Waals surface area contributed by atoms with Crippen LogP contribution in [0.25, 0.3) is 10.2 Å². The summed E-state index contributed by atoms with van der Waals surface area (Å²) in [5.41, 5.74) is 4.31. The van der Waals surface area contributed by atoms with Crippen LogP contribution in [0, 0.1) is 6.92 Å². The van der Waals surface area contributed by atoms with Crippen molar-refractivity contribution in [3.63, 3.8) is 0 Å². The fraction of sp³-hybridized carbons (Fsp3) is 0.250. The lowest BCUT2D eigenvalue weighted by molar-refractivity contribution is 0.679. The number of nitrogens with zero attached hydrogens (tertiary/aromatic N) is 2. The summed E-state index contributed by atoms with van der Waals surface area (Å²) in [5, 5.41) is 6.02. The minimum absolute atomic E-state index is 0.585. The van der Waals surface area contributed by atoms with Crippen molar-refractivity contribution < 1.29 is 0 Å². The van der Waals surface area contributed by atoms with Gasteiger partial charge in [0, 0.05) is 37.0 Å². The molecule has 0 saturated heterocycles. The van der Waals surface area contributed by atoms with Crippen molar-refractivity contribution in [3.8, 4) is 0 Å². The van der Waals surface area contributed by atoms with Gasteiger partial charge in [-0.2, -0.15) is 0 Å². The third-order valence-electron chi connectivity index (χ3n) is 3.31. The molecule has 0 radical (unpaired) electrons. The molecule has 0 bridgehead atoms. The molecule has 21 heavy (non-hydrogen) atoms. The van der Waals surface area contributed by atoms with Gasteiger partial charge in [-0.3, -0.25) is 4.98 Å². The minimum atomic E-state index is 0.585. The molecule has 1 N–H and O–H groups in total. The smallest absolute Gasteiger partial charge is 0.134 e. The summed E-state index contributed by atoms with van der Waals surface area (Å²) in [6.07, 6.45) is 2.81. The Morgan fingerprint density at radius 2 is 2.19 bits per heavy atom. The quantitative estimate of drug-likeness (QED) is 0.571. The maximum atomic E-state index is 6.21. The van der Waals surface area contributed by atoms with E-state index in [-0.39, 0.29) is 0 Å². The van der Waals surface area contributed by atoms with Crippen molar-refractivity contribution in [1.82, 2.24) is 15.3 Å². The molecule has 0 saturated carbocycles. The first-order valence-electron chi connectivity index (χ1n) is 6.87. The van der Waals surface area contributed by atoms with Gasteiger partial charge in [-0.25, -0.2) is 4.98 Å². The van der Waals surface area contributed by atoms with E-state index in [0.717, 1.165) is 36.3 Å². The zero-order valence-electron chi connectivity index (χ0n) is 11.8. The Bertz CT molecular complexity index is 737. The first-order valence-corrected chi connectivity index (χ1v) is 8.13. The average molecular weight is 318 g/mol. The molecule has 3 aromatic rings. The maximum absolute atomic E-state index is 6.21. The molecule has 108 valence electrons.